The molecular formula is C19H22N4O2. The fourth-order valence-corrected chi connectivity index (χ4v) is 3.72. The number of para-hydroxylation sites is 1. The molecular weight excluding hydrogens is 316 g/mol. The summed E-state index contributed by atoms with van der Waals surface area (Å²) < 4.78 is 5.09. The van der Waals surface area contributed by atoms with Crippen molar-refractivity contribution in [2.75, 3.05) is 13.1 Å². The van der Waals surface area contributed by atoms with Gasteiger partial charge in [-0.3, -0.25) is 4.79 Å². The van der Waals surface area contributed by atoms with Gasteiger partial charge in [0, 0.05) is 42.5 Å². The number of fused-ring (bicyclic) bond motifs is 1. The standard InChI is InChI=1S/C19H22N4O2/c1-12-16(15-7-3-4-8-17(15)20-12)10-18(24)23-9-5-6-14(11-23)19-21-13(2)25-22-19/h3-4,7-8,14,20H,5-6,9-11H2,1-2H3/t14-/m1/s1. The van der Waals surface area contributed by atoms with Gasteiger partial charge in [-0.1, -0.05) is 23.4 Å². The summed E-state index contributed by atoms with van der Waals surface area (Å²) in [4.78, 5) is 22.5. The van der Waals surface area contributed by atoms with E-state index in [1.165, 1.54) is 0 Å². The molecule has 1 atom stereocenters. The van der Waals surface area contributed by atoms with Crippen LogP contribution < -0.4 is 0 Å². The number of H-pyrrole nitrogens is 1. The number of piperidine rings is 1. The van der Waals surface area contributed by atoms with E-state index in [0.717, 1.165) is 47.4 Å². The highest BCUT2D eigenvalue weighted by Crippen LogP contribution is 2.27. The maximum absolute atomic E-state index is 12.9. The summed E-state index contributed by atoms with van der Waals surface area (Å²) in [5, 5.41) is 5.17. The van der Waals surface area contributed by atoms with Gasteiger partial charge in [-0.2, -0.15) is 4.98 Å². The number of carbonyl (C=O) groups is 1. The lowest BCUT2D eigenvalue weighted by molar-refractivity contribution is -0.131. The molecule has 0 saturated carbocycles. The zero-order valence-electron chi connectivity index (χ0n) is 14.6. The zero-order chi connectivity index (χ0) is 17.4. The number of amides is 1. The van der Waals surface area contributed by atoms with Crippen LogP contribution in [0, 0.1) is 13.8 Å². The van der Waals surface area contributed by atoms with Gasteiger partial charge in [0.15, 0.2) is 5.82 Å². The summed E-state index contributed by atoms with van der Waals surface area (Å²) in [6, 6.07) is 8.14. The van der Waals surface area contributed by atoms with Crippen LogP contribution in [-0.4, -0.2) is 39.0 Å². The minimum absolute atomic E-state index is 0.165. The third-order valence-corrected chi connectivity index (χ3v) is 5.04. The molecule has 1 fully saturated rings. The quantitative estimate of drug-likeness (QED) is 0.796. The highest BCUT2D eigenvalue weighted by Gasteiger charge is 2.28. The minimum Gasteiger partial charge on any atom is -0.358 e. The summed E-state index contributed by atoms with van der Waals surface area (Å²) in [6.45, 7) is 5.29. The first-order valence-electron chi connectivity index (χ1n) is 8.76. The molecule has 2 aromatic heterocycles. The molecule has 3 heterocycles. The topological polar surface area (TPSA) is 75.0 Å². The van der Waals surface area contributed by atoms with Crippen LogP contribution in [0.2, 0.25) is 0 Å². The average molecular weight is 338 g/mol. The van der Waals surface area contributed by atoms with E-state index >= 15 is 0 Å². The summed E-state index contributed by atoms with van der Waals surface area (Å²) in [5.41, 5.74) is 3.25. The molecule has 1 N–H and O–H groups in total. The van der Waals surface area contributed by atoms with Crippen molar-refractivity contribution in [2.45, 2.75) is 39.0 Å². The number of hydrogen-bond donors (Lipinski definition) is 1. The summed E-state index contributed by atoms with van der Waals surface area (Å²) >= 11 is 0. The molecule has 3 aromatic rings. The molecule has 0 radical (unpaired) electrons. The Balaban J connectivity index is 1.51. The lowest BCUT2D eigenvalue weighted by Crippen LogP contribution is -2.40. The van der Waals surface area contributed by atoms with Crippen LogP contribution in [0.3, 0.4) is 0 Å². The third-order valence-electron chi connectivity index (χ3n) is 5.04. The van der Waals surface area contributed by atoms with Gasteiger partial charge in [-0.05, 0) is 31.4 Å². The van der Waals surface area contributed by atoms with Crippen LogP contribution in [0.25, 0.3) is 10.9 Å². The molecule has 0 aliphatic carbocycles. The number of nitrogens with one attached hydrogen (secondary N) is 1. The first kappa shape index (κ1) is 15.9. The van der Waals surface area contributed by atoms with Gasteiger partial charge in [0.25, 0.3) is 0 Å². The molecule has 1 amide bonds. The lowest BCUT2D eigenvalue weighted by atomic mass is 9.96. The van der Waals surface area contributed by atoms with Gasteiger partial charge in [0.2, 0.25) is 11.8 Å². The Morgan fingerprint density at radius 3 is 3.00 bits per heavy atom. The summed E-state index contributed by atoms with van der Waals surface area (Å²) in [7, 11) is 0. The summed E-state index contributed by atoms with van der Waals surface area (Å²) in [5.74, 6) is 1.63. The Morgan fingerprint density at radius 2 is 2.20 bits per heavy atom. The van der Waals surface area contributed by atoms with E-state index in [2.05, 4.69) is 21.2 Å². The van der Waals surface area contributed by atoms with Crippen LogP contribution in [-0.2, 0) is 11.2 Å². The maximum Gasteiger partial charge on any atom is 0.227 e. The van der Waals surface area contributed by atoms with Crippen molar-refractivity contribution in [3.05, 3.63) is 47.2 Å². The molecule has 1 aliphatic rings. The lowest BCUT2D eigenvalue weighted by Gasteiger charge is -2.31. The van der Waals surface area contributed by atoms with E-state index < -0.39 is 0 Å². The van der Waals surface area contributed by atoms with E-state index in [4.69, 9.17) is 4.52 Å². The zero-order valence-corrected chi connectivity index (χ0v) is 14.6. The molecule has 1 saturated heterocycles. The van der Waals surface area contributed by atoms with Crippen molar-refractivity contribution in [3.63, 3.8) is 0 Å². The van der Waals surface area contributed by atoms with Crippen LogP contribution in [0.5, 0.6) is 0 Å². The Morgan fingerprint density at radius 1 is 1.36 bits per heavy atom. The van der Waals surface area contributed by atoms with Crippen molar-refractivity contribution in [3.8, 4) is 0 Å². The second-order valence-electron chi connectivity index (χ2n) is 6.80. The Hall–Kier alpha value is -2.63. The average Bonchev–Trinajstić information content (AvgIpc) is 3.19. The number of rotatable bonds is 3. The number of benzene rings is 1. The monoisotopic (exact) mass is 338 g/mol. The fourth-order valence-electron chi connectivity index (χ4n) is 3.72. The van der Waals surface area contributed by atoms with Gasteiger partial charge in [-0.25, -0.2) is 0 Å². The number of aromatic nitrogens is 3. The van der Waals surface area contributed by atoms with Crippen molar-refractivity contribution in [2.24, 2.45) is 0 Å². The van der Waals surface area contributed by atoms with Gasteiger partial charge < -0.3 is 14.4 Å². The van der Waals surface area contributed by atoms with E-state index in [0.29, 0.717) is 18.9 Å². The molecule has 4 rings (SSSR count). The molecule has 0 unspecified atom stereocenters. The Labute approximate surface area is 146 Å². The minimum atomic E-state index is 0.165. The van der Waals surface area contributed by atoms with Gasteiger partial charge in [-0.15, -0.1) is 0 Å². The number of nitrogens with zero attached hydrogens (tertiary/aromatic N) is 3. The smallest absolute Gasteiger partial charge is 0.227 e. The number of aryl methyl sites for hydroxylation is 2. The van der Waals surface area contributed by atoms with Crippen LogP contribution >= 0.6 is 0 Å². The van der Waals surface area contributed by atoms with E-state index in [-0.39, 0.29) is 11.8 Å². The predicted molar refractivity (Wildman–Crippen MR) is 94.3 cm³/mol. The maximum atomic E-state index is 12.9. The third kappa shape index (κ3) is 3.04. The number of hydrogen-bond acceptors (Lipinski definition) is 4. The molecule has 0 spiro atoms. The first-order chi connectivity index (χ1) is 12.1. The van der Waals surface area contributed by atoms with E-state index in [1.807, 2.05) is 30.0 Å². The molecule has 25 heavy (non-hydrogen) atoms. The molecule has 6 nitrogen and oxygen atoms in total. The van der Waals surface area contributed by atoms with E-state index in [1.54, 1.807) is 6.92 Å². The molecule has 6 heteroatoms. The highest BCUT2D eigenvalue weighted by atomic mass is 16.5. The van der Waals surface area contributed by atoms with Crippen molar-refractivity contribution >= 4 is 16.8 Å². The predicted octanol–water partition coefficient (Wildman–Crippen LogP) is 3.12. The number of aromatic amines is 1. The molecule has 1 aromatic carbocycles. The van der Waals surface area contributed by atoms with Gasteiger partial charge in [0.1, 0.15) is 0 Å². The van der Waals surface area contributed by atoms with Crippen molar-refractivity contribution < 1.29 is 9.32 Å². The van der Waals surface area contributed by atoms with Crippen LogP contribution in [0.15, 0.2) is 28.8 Å². The normalized spacial score (nSPS) is 18.0. The largest absolute Gasteiger partial charge is 0.358 e. The van der Waals surface area contributed by atoms with Crippen molar-refractivity contribution in [1.29, 1.82) is 0 Å². The Kier molecular flexibility index (Phi) is 4.03. The SMILES string of the molecule is Cc1nc([C@@H]2CCCN(C(=O)Cc3c(C)[nH]c4ccccc34)C2)no1. The molecule has 0 bridgehead atoms. The van der Waals surface area contributed by atoms with Gasteiger partial charge in [0.05, 0.1) is 6.42 Å². The van der Waals surface area contributed by atoms with Crippen LogP contribution in [0.4, 0.5) is 0 Å². The van der Waals surface area contributed by atoms with Gasteiger partial charge >= 0.3 is 0 Å². The first-order valence-corrected chi connectivity index (χ1v) is 8.76. The van der Waals surface area contributed by atoms with Crippen LogP contribution in [0.1, 0.15) is 41.7 Å². The molecule has 130 valence electrons. The Bertz CT molecular complexity index is 911. The summed E-state index contributed by atoms with van der Waals surface area (Å²) in [6.07, 6.45) is 2.39. The second kappa shape index (κ2) is 6.35. The number of likely N-dealkylation sites (tertiary alicyclic amines) is 1. The number of carbonyl (C=O) groups excluding carboxylic acids is 1. The second-order valence-corrected chi connectivity index (χ2v) is 6.80. The van der Waals surface area contributed by atoms with Crippen molar-refractivity contribution in [1.82, 2.24) is 20.0 Å². The fraction of sp³-hybridized carbons (Fsp3) is 0.421. The highest BCUT2D eigenvalue weighted by molar-refractivity contribution is 5.90. The van der Waals surface area contributed by atoms with E-state index in [9.17, 15) is 4.79 Å². The molecule has 1 aliphatic heterocycles.